The Morgan fingerprint density at radius 2 is 1.38 bits per heavy atom. The lowest BCUT2D eigenvalue weighted by Crippen LogP contribution is -2.35. The van der Waals surface area contributed by atoms with Crippen LogP contribution in [-0.2, 0) is 0 Å². The third-order valence-electron chi connectivity index (χ3n) is 3.88. The van der Waals surface area contributed by atoms with Gasteiger partial charge >= 0.3 is 6.85 Å². The van der Waals surface area contributed by atoms with E-state index in [0.717, 1.165) is 22.9 Å². The van der Waals surface area contributed by atoms with Gasteiger partial charge in [-0.3, -0.25) is 0 Å². The number of para-hydroxylation sites is 2. The van der Waals surface area contributed by atoms with Crippen LogP contribution in [0, 0.1) is 13.8 Å². The molecule has 1 aliphatic rings. The smallest absolute Gasteiger partial charge is 0.312 e. The summed E-state index contributed by atoms with van der Waals surface area (Å²) in [4.78, 5) is 2.26. The molecule has 0 N–H and O–H groups in total. The SMILES string of the molecule is C=CB(C=C)N1c2c(C)cccc2Oc2cccc(C)c21. The number of rotatable bonds is 3. The van der Waals surface area contributed by atoms with Gasteiger partial charge in [-0.25, -0.2) is 0 Å². The summed E-state index contributed by atoms with van der Waals surface area (Å²) < 4.78 is 6.10. The molecule has 0 amide bonds. The number of nitrogens with zero attached hydrogens (tertiary/aromatic N) is 1. The predicted molar refractivity (Wildman–Crippen MR) is 90.7 cm³/mol. The van der Waals surface area contributed by atoms with Crippen molar-refractivity contribution in [2.75, 3.05) is 4.81 Å². The molecule has 0 saturated carbocycles. The lowest BCUT2D eigenvalue weighted by molar-refractivity contribution is 0.477. The summed E-state index contributed by atoms with van der Waals surface area (Å²) in [5.41, 5.74) is 4.53. The molecule has 2 aromatic rings. The zero-order valence-corrected chi connectivity index (χ0v) is 12.5. The Morgan fingerprint density at radius 3 is 1.81 bits per heavy atom. The quantitative estimate of drug-likeness (QED) is 0.732. The lowest BCUT2D eigenvalue weighted by atomic mass is 9.59. The largest absolute Gasteiger partial charge is 0.453 e. The van der Waals surface area contributed by atoms with Gasteiger partial charge in [0.05, 0.1) is 11.4 Å². The molecule has 0 radical (unpaired) electrons. The van der Waals surface area contributed by atoms with Gasteiger partial charge in [0.25, 0.3) is 0 Å². The molecule has 1 heterocycles. The van der Waals surface area contributed by atoms with Crippen LogP contribution in [0.5, 0.6) is 11.5 Å². The first-order valence-corrected chi connectivity index (χ1v) is 7.08. The van der Waals surface area contributed by atoms with Crippen molar-refractivity contribution in [3.8, 4) is 11.5 Å². The highest BCUT2D eigenvalue weighted by Crippen LogP contribution is 2.49. The molecular weight excluding hydrogens is 257 g/mol. The van der Waals surface area contributed by atoms with Crippen LogP contribution in [0.15, 0.2) is 61.5 Å². The number of aryl methyl sites for hydroxylation is 2. The van der Waals surface area contributed by atoms with E-state index in [0.29, 0.717) is 0 Å². The van der Waals surface area contributed by atoms with Crippen molar-refractivity contribution in [2.45, 2.75) is 13.8 Å². The molecule has 0 aliphatic carbocycles. The Bertz CT molecular complexity index is 664. The monoisotopic (exact) mass is 275 g/mol. The Labute approximate surface area is 126 Å². The normalized spacial score (nSPS) is 12.0. The highest BCUT2D eigenvalue weighted by atomic mass is 16.5. The minimum absolute atomic E-state index is 0.0219. The second-order valence-corrected chi connectivity index (χ2v) is 5.28. The maximum atomic E-state index is 6.10. The van der Waals surface area contributed by atoms with E-state index < -0.39 is 0 Å². The van der Waals surface area contributed by atoms with Crippen LogP contribution < -0.4 is 9.55 Å². The van der Waals surface area contributed by atoms with E-state index in [1.54, 1.807) is 0 Å². The van der Waals surface area contributed by atoms with E-state index in [1.165, 1.54) is 11.1 Å². The van der Waals surface area contributed by atoms with Gasteiger partial charge in [-0.15, -0.1) is 13.2 Å². The summed E-state index contributed by atoms with van der Waals surface area (Å²) in [7, 11) is 0. The summed E-state index contributed by atoms with van der Waals surface area (Å²) in [6.07, 6.45) is 0. The van der Waals surface area contributed by atoms with Crippen LogP contribution in [0.3, 0.4) is 0 Å². The summed E-state index contributed by atoms with van der Waals surface area (Å²) in [5, 5.41) is 0. The molecule has 0 bridgehead atoms. The average Bonchev–Trinajstić information content (AvgIpc) is 2.48. The Morgan fingerprint density at radius 1 is 0.905 bits per heavy atom. The van der Waals surface area contributed by atoms with Crippen molar-refractivity contribution in [2.24, 2.45) is 0 Å². The zero-order chi connectivity index (χ0) is 15.0. The highest BCUT2D eigenvalue weighted by Gasteiger charge is 2.31. The van der Waals surface area contributed by atoms with Gasteiger partial charge in [0.15, 0.2) is 0 Å². The van der Waals surface area contributed by atoms with Crippen LogP contribution in [0.1, 0.15) is 11.1 Å². The van der Waals surface area contributed by atoms with Gasteiger partial charge in [-0.1, -0.05) is 36.2 Å². The van der Waals surface area contributed by atoms with E-state index in [1.807, 2.05) is 36.2 Å². The minimum Gasteiger partial charge on any atom is -0.453 e. The molecule has 1 aliphatic heterocycles. The lowest BCUT2D eigenvalue weighted by Gasteiger charge is -2.37. The molecule has 21 heavy (non-hydrogen) atoms. The first-order valence-electron chi connectivity index (χ1n) is 7.08. The van der Waals surface area contributed by atoms with E-state index in [2.05, 4.69) is 43.9 Å². The first-order chi connectivity index (χ1) is 10.2. The first kappa shape index (κ1) is 13.6. The summed E-state index contributed by atoms with van der Waals surface area (Å²) >= 11 is 0. The second-order valence-electron chi connectivity index (χ2n) is 5.28. The maximum absolute atomic E-state index is 6.10. The molecule has 0 fully saturated rings. The molecule has 0 aromatic heterocycles. The molecule has 0 unspecified atom stereocenters. The number of anilines is 2. The molecule has 2 nitrogen and oxygen atoms in total. The van der Waals surface area contributed by atoms with Crippen molar-refractivity contribution >= 4 is 18.2 Å². The molecule has 0 saturated heterocycles. The van der Waals surface area contributed by atoms with Gasteiger partial charge in [0.2, 0.25) is 0 Å². The molecule has 0 atom stereocenters. The molecule has 104 valence electrons. The second kappa shape index (κ2) is 5.17. The van der Waals surface area contributed by atoms with Crippen molar-refractivity contribution < 1.29 is 4.74 Å². The van der Waals surface area contributed by atoms with Gasteiger partial charge in [0.1, 0.15) is 11.5 Å². The minimum atomic E-state index is 0.0219. The van der Waals surface area contributed by atoms with Crippen molar-refractivity contribution in [1.82, 2.24) is 0 Å². The van der Waals surface area contributed by atoms with Gasteiger partial charge < -0.3 is 9.55 Å². The summed E-state index contributed by atoms with van der Waals surface area (Å²) in [5.74, 6) is 5.57. The molecule has 2 aromatic carbocycles. The van der Waals surface area contributed by atoms with E-state index in [4.69, 9.17) is 4.74 Å². The van der Waals surface area contributed by atoms with E-state index in [-0.39, 0.29) is 6.85 Å². The fraction of sp³-hybridized carbons (Fsp3) is 0.111. The topological polar surface area (TPSA) is 12.5 Å². The zero-order valence-electron chi connectivity index (χ0n) is 12.5. The van der Waals surface area contributed by atoms with Crippen LogP contribution >= 0.6 is 0 Å². The van der Waals surface area contributed by atoms with Gasteiger partial charge in [0, 0.05) is 0 Å². The Kier molecular flexibility index (Phi) is 3.34. The highest BCUT2D eigenvalue weighted by molar-refractivity contribution is 6.74. The number of fused-ring (bicyclic) bond motifs is 2. The third kappa shape index (κ3) is 2.06. The third-order valence-corrected chi connectivity index (χ3v) is 3.88. The fourth-order valence-electron chi connectivity index (χ4n) is 2.88. The van der Waals surface area contributed by atoms with Gasteiger partial charge in [-0.05, 0) is 37.1 Å². The van der Waals surface area contributed by atoms with Crippen LogP contribution in [0.2, 0.25) is 0 Å². The van der Waals surface area contributed by atoms with E-state index >= 15 is 0 Å². The standard InChI is InChI=1S/C18H18BNO/c1-5-19(6-2)20-17-13(3)9-7-11-15(17)21-16-12-8-10-14(4)18(16)20/h5-12H,1-2H2,3-4H3. The fourth-order valence-corrected chi connectivity index (χ4v) is 2.88. The van der Waals surface area contributed by atoms with Crippen molar-refractivity contribution in [3.05, 3.63) is 72.6 Å². The average molecular weight is 275 g/mol. The van der Waals surface area contributed by atoms with Gasteiger partial charge in [-0.2, -0.15) is 0 Å². The molecule has 3 rings (SSSR count). The maximum Gasteiger partial charge on any atom is 0.312 e. The summed E-state index contributed by atoms with van der Waals surface area (Å²) in [6, 6.07) is 12.2. The van der Waals surface area contributed by atoms with Crippen molar-refractivity contribution in [1.29, 1.82) is 0 Å². The number of hydrogen-bond donors (Lipinski definition) is 0. The summed E-state index contributed by atoms with van der Waals surface area (Å²) in [6.45, 7) is 12.1. The molecular formula is C18H18BNO. The van der Waals surface area contributed by atoms with Crippen molar-refractivity contribution in [3.63, 3.8) is 0 Å². The van der Waals surface area contributed by atoms with Crippen LogP contribution in [-0.4, -0.2) is 6.85 Å². The van der Waals surface area contributed by atoms with Crippen LogP contribution in [0.4, 0.5) is 11.4 Å². The Hall–Kier alpha value is -2.42. The number of ether oxygens (including phenoxy) is 1. The Balaban J connectivity index is 2.31. The predicted octanol–water partition coefficient (Wildman–Crippen LogP) is 4.99. The number of hydrogen-bond acceptors (Lipinski definition) is 2. The van der Waals surface area contributed by atoms with E-state index in [9.17, 15) is 0 Å². The molecule has 3 heteroatoms. The molecule has 0 spiro atoms. The van der Waals surface area contributed by atoms with Crippen LogP contribution in [0.25, 0.3) is 0 Å². The number of benzene rings is 2.